The number of rotatable bonds is 8. The molecule has 1 aliphatic rings. The first kappa shape index (κ1) is 29.6. The molecule has 0 bridgehead atoms. The number of nitrogens with zero attached hydrogens (tertiary/aromatic N) is 1. The molecule has 0 aliphatic carbocycles. The smallest absolute Gasteiger partial charge is 0.416 e. The van der Waals surface area contributed by atoms with E-state index >= 15 is 0 Å². The maximum Gasteiger partial charge on any atom is 0.416 e. The number of hydrogen-bond acceptors (Lipinski definition) is 2. The third-order valence-electron chi connectivity index (χ3n) is 7.81. The van der Waals surface area contributed by atoms with Gasteiger partial charge in [-0.05, 0) is 71.5 Å². The fourth-order valence-electron chi connectivity index (χ4n) is 5.44. The van der Waals surface area contributed by atoms with Crippen molar-refractivity contribution in [1.82, 2.24) is 4.90 Å². The molecule has 9 heteroatoms. The molecule has 0 aromatic heterocycles. The molecule has 0 amide bonds. The van der Waals surface area contributed by atoms with E-state index in [1.165, 1.54) is 24.3 Å². The number of alkyl halides is 5. The molecule has 4 rings (SSSR count). The highest BCUT2D eigenvalue weighted by Gasteiger charge is 2.39. The number of hydrogen-bond donors (Lipinski definition) is 1. The predicted octanol–water partition coefficient (Wildman–Crippen LogP) is 8.47. The zero-order valence-electron chi connectivity index (χ0n) is 22.2. The van der Waals surface area contributed by atoms with Gasteiger partial charge in [0.1, 0.15) is 5.82 Å². The Morgan fingerprint density at radius 1 is 0.950 bits per heavy atom. The molecule has 40 heavy (non-hydrogen) atoms. The van der Waals surface area contributed by atoms with Crippen LogP contribution in [0.2, 0.25) is 0 Å². The molecule has 1 heterocycles. The Balaban J connectivity index is 1.93. The molecule has 214 valence electrons. The minimum absolute atomic E-state index is 0.0475. The lowest BCUT2D eigenvalue weighted by molar-refractivity contribution is -0.143. The second-order valence-electron chi connectivity index (χ2n) is 10.6. The van der Waals surface area contributed by atoms with Gasteiger partial charge in [0.2, 0.25) is 0 Å². The fourth-order valence-corrected chi connectivity index (χ4v) is 5.44. The summed E-state index contributed by atoms with van der Waals surface area (Å²) in [7, 11) is 0. The quantitative estimate of drug-likeness (QED) is 0.280. The second kappa shape index (κ2) is 11.3. The first-order valence-corrected chi connectivity index (χ1v) is 13.2. The number of carbonyl (C=O) groups is 1. The van der Waals surface area contributed by atoms with Gasteiger partial charge in [-0.3, -0.25) is 9.69 Å². The Bertz CT molecular complexity index is 1330. The number of halogens is 6. The lowest BCUT2D eigenvalue weighted by Gasteiger charge is -2.39. The van der Waals surface area contributed by atoms with Crippen molar-refractivity contribution in [2.75, 3.05) is 13.1 Å². The van der Waals surface area contributed by atoms with Crippen molar-refractivity contribution in [2.45, 2.75) is 63.1 Å². The van der Waals surface area contributed by atoms with Gasteiger partial charge < -0.3 is 5.11 Å². The van der Waals surface area contributed by atoms with Crippen LogP contribution in [0.25, 0.3) is 11.1 Å². The van der Waals surface area contributed by atoms with Crippen LogP contribution in [0.4, 0.5) is 26.3 Å². The van der Waals surface area contributed by atoms with Crippen LogP contribution in [0.1, 0.15) is 67.8 Å². The van der Waals surface area contributed by atoms with Crippen LogP contribution in [0.3, 0.4) is 0 Å². The average Bonchev–Trinajstić information content (AvgIpc) is 2.90. The van der Waals surface area contributed by atoms with Gasteiger partial charge in [0.15, 0.2) is 0 Å². The molecular weight excluding hydrogens is 532 g/mol. The van der Waals surface area contributed by atoms with Gasteiger partial charge in [0, 0.05) is 25.9 Å². The summed E-state index contributed by atoms with van der Waals surface area (Å²) in [5.41, 5.74) is 0.524. The van der Waals surface area contributed by atoms with E-state index in [4.69, 9.17) is 0 Å². The van der Waals surface area contributed by atoms with Gasteiger partial charge >= 0.3 is 12.1 Å². The molecule has 3 nitrogen and oxygen atoms in total. The van der Waals surface area contributed by atoms with Crippen LogP contribution < -0.4 is 0 Å². The molecule has 2 atom stereocenters. The summed E-state index contributed by atoms with van der Waals surface area (Å²) in [5.74, 6) is -4.32. The fraction of sp³-hybridized carbons (Fsp3) is 0.387. The number of aliphatic carboxylic acids is 1. The molecule has 1 fully saturated rings. The normalized spacial score (nSPS) is 18.2. The zero-order valence-corrected chi connectivity index (χ0v) is 22.2. The van der Waals surface area contributed by atoms with Gasteiger partial charge in [-0.15, -0.1) is 0 Å². The second-order valence-corrected chi connectivity index (χ2v) is 10.6. The van der Waals surface area contributed by atoms with E-state index in [1.54, 1.807) is 37.3 Å². The van der Waals surface area contributed by atoms with Crippen molar-refractivity contribution in [2.24, 2.45) is 0 Å². The summed E-state index contributed by atoms with van der Waals surface area (Å²) in [4.78, 5) is 14.2. The molecule has 1 saturated heterocycles. The summed E-state index contributed by atoms with van der Waals surface area (Å²) in [6.07, 6.45) is -4.36. The van der Waals surface area contributed by atoms with E-state index < -0.39 is 40.9 Å². The van der Waals surface area contributed by atoms with Crippen molar-refractivity contribution in [3.05, 3.63) is 94.8 Å². The van der Waals surface area contributed by atoms with E-state index in [9.17, 15) is 36.2 Å². The van der Waals surface area contributed by atoms with Crippen LogP contribution in [0.5, 0.6) is 0 Å². The van der Waals surface area contributed by atoms with Gasteiger partial charge in [-0.25, -0.2) is 13.2 Å². The lowest BCUT2D eigenvalue weighted by atomic mass is 9.76. The zero-order chi connectivity index (χ0) is 29.3. The van der Waals surface area contributed by atoms with Gasteiger partial charge in [0.25, 0.3) is 5.92 Å². The van der Waals surface area contributed by atoms with Crippen molar-refractivity contribution < 1.29 is 36.2 Å². The minimum Gasteiger partial charge on any atom is -0.481 e. The van der Waals surface area contributed by atoms with E-state index in [2.05, 4.69) is 0 Å². The van der Waals surface area contributed by atoms with Crippen molar-refractivity contribution in [3.8, 4) is 11.1 Å². The molecular formula is C31H31F6NO2. The first-order valence-electron chi connectivity index (χ1n) is 13.2. The average molecular weight is 564 g/mol. The Morgan fingerprint density at radius 3 is 2.05 bits per heavy atom. The summed E-state index contributed by atoms with van der Waals surface area (Å²) in [6, 6.07) is 14.7. The molecule has 3 aromatic rings. The van der Waals surface area contributed by atoms with Crippen molar-refractivity contribution >= 4 is 5.97 Å². The molecule has 0 radical (unpaired) electrons. The molecule has 3 aromatic carbocycles. The topological polar surface area (TPSA) is 40.5 Å². The highest BCUT2D eigenvalue weighted by Crippen LogP contribution is 2.42. The van der Waals surface area contributed by atoms with E-state index in [1.807, 2.05) is 11.8 Å². The van der Waals surface area contributed by atoms with Gasteiger partial charge in [-0.1, -0.05) is 49.7 Å². The van der Waals surface area contributed by atoms with Gasteiger partial charge in [0.05, 0.1) is 17.0 Å². The summed E-state index contributed by atoms with van der Waals surface area (Å²) in [5, 5.41) is 10.1. The number of piperidine rings is 1. The summed E-state index contributed by atoms with van der Waals surface area (Å²) < 4.78 is 82.0. The van der Waals surface area contributed by atoms with Crippen LogP contribution in [-0.4, -0.2) is 35.0 Å². The Labute approximate surface area is 229 Å². The first-order chi connectivity index (χ1) is 18.7. The molecule has 1 aliphatic heterocycles. The van der Waals surface area contributed by atoms with Crippen LogP contribution >= 0.6 is 0 Å². The monoisotopic (exact) mass is 563 g/mol. The Kier molecular flexibility index (Phi) is 8.36. The van der Waals surface area contributed by atoms with Crippen molar-refractivity contribution in [3.63, 3.8) is 0 Å². The standard InChI is InChI=1S/C31H31F6NO2/c1-3-14-29(2,28(39)40)23-10-13-25(26(19-23)20-4-8-22(9-5-20)31(35,36)37)27(21-6-11-24(32)12-7-21)38-17-15-30(33,34)16-18-38/h4-13,19,27H,3,14-18H2,1-2H3,(H,39,40). The third kappa shape index (κ3) is 6.19. The van der Waals surface area contributed by atoms with Gasteiger partial charge in [-0.2, -0.15) is 13.2 Å². The molecule has 0 spiro atoms. The van der Waals surface area contributed by atoms with E-state index in [0.717, 1.165) is 12.1 Å². The number of carboxylic acids is 1. The van der Waals surface area contributed by atoms with E-state index in [-0.39, 0.29) is 25.9 Å². The third-order valence-corrected chi connectivity index (χ3v) is 7.81. The maximum atomic E-state index is 14.1. The van der Waals surface area contributed by atoms with Crippen LogP contribution in [-0.2, 0) is 16.4 Å². The summed E-state index contributed by atoms with van der Waals surface area (Å²) >= 11 is 0. The molecule has 2 unspecified atom stereocenters. The Morgan fingerprint density at radius 2 is 1.52 bits per heavy atom. The van der Waals surface area contributed by atoms with Crippen LogP contribution in [0.15, 0.2) is 66.7 Å². The molecule has 1 N–H and O–H groups in total. The lowest BCUT2D eigenvalue weighted by Crippen LogP contribution is -2.42. The van der Waals surface area contributed by atoms with Crippen LogP contribution in [0, 0.1) is 5.82 Å². The number of carboxylic acid groups (broad SMARTS) is 1. The number of benzene rings is 3. The number of likely N-dealkylation sites (tertiary alicyclic amines) is 1. The maximum absolute atomic E-state index is 14.1. The molecule has 0 saturated carbocycles. The Hall–Kier alpha value is -3.33. The summed E-state index contributed by atoms with van der Waals surface area (Å²) in [6.45, 7) is 3.56. The predicted molar refractivity (Wildman–Crippen MR) is 141 cm³/mol. The SMILES string of the molecule is CCCC(C)(C(=O)O)c1ccc(C(c2ccc(F)cc2)N2CCC(F)(F)CC2)c(-c2ccc(C(F)(F)F)cc2)c1. The highest BCUT2D eigenvalue weighted by atomic mass is 19.4. The van der Waals surface area contributed by atoms with E-state index in [0.29, 0.717) is 40.7 Å². The van der Waals surface area contributed by atoms with Crippen molar-refractivity contribution in [1.29, 1.82) is 0 Å². The minimum atomic E-state index is -4.54. The largest absolute Gasteiger partial charge is 0.481 e. The highest BCUT2D eigenvalue weighted by molar-refractivity contribution is 5.82.